The van der Waals surface area contributed by atoms with Gasteiger partial charge >= 0.3 is 13.1 Å². The van der Waals surface area contributed by atoms with Gasteiger partial charge in [-0.05, 0) is 64.3 Å². The van der Waals surface area contributed by atoms with Crippen molar-refractivity contribution in [3.05, 3.63) is 54.1 Å². The van der Waals surface area contributed by atoms with Crippen molar-refractivity contribution in [1.29, 1.82) is 0 Å². The van der Waals surface area contributed by atoms with Crippen molar-refractivity contribution in [2.75, 3.05) is 22.9 Å². The Labute approximate surface area is 167 Å². The molecule has 0 aromatic heterocycles. The SMILES string of the molecule is Cc1ccc(N2CCN(c3cccc(B4OC(C)(C)C(C)(C)O4)c3)C2=O)cc1. The van der Waals surface area contributed by atoms with Gasteiger partial charge in [0.25, 0.3) is 0 Å². The first-order valence-electron chi connectivity index (χ1n) is 9.79. The summed E-state index contributed by atoms with van der Waals surface area (Å²) in [6, 6.07) is 16.0. The number of benzene rings is 2. The molecule has 6 heteroatoms. The first kappa shape index (κ1) is 19.0. The van der Waals surface area contributed by atoms with E-state index in [9.17, 15) is 4.79 Å². The average Bonchev–Trinajstić information content (AvgIpc) is 3.12. The van der Waals surface area contributed by atoms with Gasteiger partial charge in [0.2, 0.25) is 0 Å². The Morgan fingerprint density at radius 3 is 2.04 bits per heavy atom. The predicted molar refractivity (Wildman–Crippen MR) is 113 cm³/mol. The largest absolute Gasteiger partial charge is 0.494 e. The molecule has 0 radical (unpaired) electrons. The summed E-state index contributed by atoms with van der Waals surface area (Å²) < 4.78 is 12.3. The van der Waals surface area contributed by atoms with Crippen molar-refractivity contribution in [2.24, 2.45) is 0 Å². The molecule has 28 heavy (non-hydrogen) atoms. The summed E-state index contributed by atoms with van der Waals surface area (Å²) in [5.41, 5.74) is 3.13. The van der Waals surface area contributed by atoms with Gasteiger partial charge < -0.3 is 9.31 Å². The second kappa shape index (κ2) is 6.64. The highest BCUT2D eigenvalue weighted by atomic mass is 16.7. The van der Waals surface area contributed by atoms with E-state index in [1.807, 2.05) is 92.9 Å². The Hall–Kier alpha value is -2.31. The summed E-state index contributed by atoms with van der Waals surface area (Å²) in [7, 11) is -0.434. The molecule has 2 aromatic rings. The molecule has 2 aromatic carbocycles. The van der Waals surface area contributed by atoms with Gasteiger partial charge in [-0.15, -0.1) is 0 Å². The summed E-state index contributed by atoms with van der Waals surface area (Å²) in [6.45, 7) is 11.5. The van der Waals surface area contributed by atoms with Crippen LogP contribution in [0.2, 0.25) is 0 Å². The zero-order chi connectivity index (χ0) is 20.1. The van der Waals surface area contributed by atoms with E-state index < -0.39 is 7.12 Å². The van der Waals surface area contributed by atoms with Gasteiger partial charge in [0.05, 0.1) is 11.2 Å². The van der Waals surface area contributed by atoms with Gasteiger partial charge in [-0.2, -0.15) is 0 Å². The van der Waals surface area contributed by atoms with E-state index in [-0.39, 0.29) is 17.2 Å². The Morgan fingerprint density at radius 2 is 1.43 bits per heavy atom. The number of nitrogens with zero attached hydrogens (tertiary/aromatic N) is 2. The van der Waals surface area contributed by atoms with Crippen LogP contribution in [0.1, 0.15) is 33.3 Å². The van der Waals surface area contributed by atoms with Crippen LogP contribution in [0.15, 0.2) is 48.5 Å². The van der Waals surface area contributed by atoms with Gasteiger partial charge in [0.15, 0.2) is 0 Å². The van der Waals surface area contributed by atoms with Gasteiger partial charge in [-0.25, -0.2) is 4.79 Å². The molecular weight excluding hydrogens is 351 g/mol. The van der Waals surface area contributed by atoms with E-state index in [0.29, 0.717) is 13.1 Å². The summed E-state index contributed by atoms with van der Waals surface area (Å²) in [5, 5.41) is 0. The number of hydrogen-bond acceptors (Lipinski definition) is 3. The van der Waals surface area contributed by atoms with E-state index in [1.54, 1.807) is 0 Å². The van der Waals surface area contributed by atoms with E-state index in [2.05, 4.69) is 0 Å². The van der Waals surface area contributed by atoms with E-state index in [1.165, 1.54) is 5.56 Å². The molecule has 5 nitrogen and oxygen atoms in total. The molecule has 0 saturated carbocycles. The standard InChI is InChI=1S/C22H27BN2O3/c1-16-9-11-18(12-10-16)24-13-14-25(20(24)26)19-8-6-7-17(15-19)23-27-21(2,3)22(4,5)28-23/h6-12,15H,13-14H2,1-5H3. The fraction of sp³-hybridized carbons (Fsp3) is 0.409. The van der Waals surface area contributed by atoms with Crippen LogP contribution < -0.4 is 15.3 Å². The van der Waals surface area contributed by atoms with Crippen molar-refractivity contribution in [3.63, 3.8) is 0 Å². The third-order valence-electron chi connectivity index (χ3n) is 6.06. The molecular formula is C22H27BN2O3. The van der Waals surface area contributed by atoms with E-state index in [4.69, 9.17) is 9.31 Å². The maximum Gasteiger partial charge on any atom is 0.494 e. The maximum absolute atomic E-state index is 13.0. The fourth-order valence-corrected chi connectivity index (χ4v) is 3.56. The second-order valence-electron chi connectivity index (χ2n) is 8.60. The first-order valence-corrected chi connectivity index (χ1v) is 9.79. The van der Waals surface area contributed by atoms with Crippen molar-refractivity contribution in [2.45, 2.75) is 45.8 Å². The lowest BCUT2D eigenvalue weighted by molar-refractivity contribution is 0.00578. The Kier molecular flexibility index (Phi) is 4.51. The van der Waals surface area contributed by atoms with E-state index >= 15 is 0 Å². The molecule has 0 aliphatic carbocycles. The Morgan fingerprint density at radius 1 is 0.857 bits per heavy atom. The topological polar surface area (TPSA) is 42.0 Å². The number of rotatable bonds is 3. The minimum atomic E-state index is -0.434. The summed E-state index contributed by atoms with van der Waals surface area (Å²) in [6.07, 6.45) is 0. The number of aryl methyl sites for hydroxylation is 1. The van der Waals surface area contributed by atoms with Crippen molar-refractivity contribution in [3.8, 4) is 0 Å². The van der Waals surface area contributed by atoms with Crippen LogP contribution in [0.5, 0.6) is 0 Å². The van der Waals surface area contributed by atoms with Crippen LogP contribution in [0.25, 0.3) is 0 Å². The molecule has 2 saturated heterocycles. The summed E-state index contributed by atoms with van der Waals surface area (Å²) in [5.74, 6) is 0. The van der Waals surface area contributed by atoms with E-state index in [0.717, 1.165) is 16.8 Å². The van der Waals surface area contributed by atoms with Crippen LogP contribution in [-0.4, -0.2) is 37.4 Å². The highest BCUT2D eigenvalue weighted by molar-refractivity contribution is 6.62. The number of anilines is 2. The lowest BCUT2D eigenvalue weighted by Crippen LogP contribution is -2.41. The first-order chi connectivity index (χ1) is 13.2. The molecule has 2 heterocycles. The molecule has 0 spiro atoms. The molecule has 0 bridgehead atoms. The highest BCUT2D eigenvalue weighted by Crippen LogP contribution is 2.36. The van der Waals surface area contributed by atoms with Crippen molar-refractivity contribution >= 4 is 30.0 Å². The molecule has 4 rings (SSSR count). The number of urea groups is 1. The minimum Gasteiger partial charge on any atom is -0.399 e. The highest BCUT2D eigenvalue weighted by Gasteiger charge is 2.51. The van der Waals surface area contributed by atoms with Gasteiger partial charge in [0.1, 0.15) is 0 Å². The smallest absolute Gasteiger partial charge is 0.399 e. The molecule has 146 valence electrons. The lowest BCUT2D eigenvalue weighted by atomic mass is 9.79. The number of amides is 2. The number of carbonyl (C=O) groups is 1. The zero-order valence-electron chi connectivity index (χ0n) is 17.2. The fourth-order valence-electron chi connectivity index (χ4n) is 3.56. The van der Waals surface area contributed by atoms with Crippen LogP contribution in [0.3, 0.4) is 0 Å². The minimum absolute atomic E-state index is 0.00470. The molecule has 2 amide bonds. The normalized spacial score (nSPS) is 20.9. The van der Waals surface area contributed by atoms with Gasteiger partial charge in [0, 0.05) is 24.5 Å². The van der Waals surface area contributed by atoms with Crippen LogP contribution in [0, 0.1) is 6.92 Å². The van der Waals surface area contributed by atoms with Crippen LogP contribution in [0.4, 0.5) is 16.2 Å². The summed E-state index contributed by atoms with van der Waals surface area (Å²) in [4.78, 5) is 16.7. The summed E-state index contributed by atoms with van der Waals surface area (Å²) >= 11 is 0. The third-order valence-corrected chi connectivity index (χ3v) is 6.06. The van der Waals surface area contributed by atoms with Gasteiger partial charge in [-0.1, -0.05) is 29.8 Å². The maximum atomic E-state index is 13.0. The molecule has 0 N–H and O–H groups in total. The monoisotopic (exact) mass is 378 g/mol. The van der Waals surface area contributed by atoms with Crippen LogP contribution in [-0.2, 0) is 9.31 Å². The molecule has 2 fully saturated rings. The lowest BCUT2D eigenvalue weighted by Gasteiger charge is -2.32. The number of hydrogen-bond donors (Lipinski definition) is 0. The van der Waals surface area contributed by atoms with Crippen LogP contribution >= 0.6 is 0 Å². The quantitative estimate of drug-likeness (QED) is 0.765. The molecule has 2 aliphatic rings. The zero-order valence-corrected chi connectivity index (χ0v) is 17.2. The molecule has 0 atom stereocenters. The van der Waals surface area contributed by atoms with Crippen molar-refractivity contribution < 1.29 is 14.1 Å². The molecule has 0 unspecified atom stereocenters. The van der Waals surface area contributed by atoms with Crippen molar-refractivity contribution in [1.82, 2.24) is 0 Å². The average molecular weight is 378 g/mol. The Bertz CT molecular complexity index is 879. The number of carbonyl (C=O) groups excluding carboxylic acids is 1. The van der Waals surface area contributed by atoms with Gasteiger partial charge in [-0.3, -0.25) is 9.80 Å². The predicted octanol–water partition coefficient (Wildman–Crippen LogP) is 3.74. The third kappa shape index (κ3) is 3.21. The molecule has 2 aliphatic heterocycles. The Balaban J connectivity index is 1.55. The second-order valence-corrected chi connectivity index (χ2v) is 8.60.